The van der Waals surface area contributed by atoms with Crippen LogP contribution in [0.3, 0.4) is 0 Å². The molecule has 0 saturated heterocycles. The molecular formula is C11H8BrClN2. The van der Waals surface area contributed by atoms with Gasteiger partial charge >= 0.3 is 0 Å². The summed E-state index contributed by atoms with van der Waals surface area (Å²) in [5.41, 5.74) is 3.05. The Balaban J connectivity index is 2.64. The van der Waals surface area contributed by atoms with Crippen LogP contribution in [-0.2, 0) is 0 Å². The van der Waals surface area contributed by atoms with Crippen molar-refractivity contribution in [1.82, 2.24) is 9.97 Å². The third kappa shape index (κ3) is 2.19. The molecule has 0 saturated carbocycles. The topological polar surface area (TPSA) is 25.8 Å². The predicted octanol–water partition coefficient (Wildman–Crippen LogP) is 3.87. The minimum atomic E-state index is 0.483. The molecule has 2 aromatic heterocycles. The Hall–Kier alpha value is -0.930. The van der Waals surface area contributed by atoms with Gasteiger partial charge in [-0.1, -0.05) is 17.7 Å². The molecule has 0 radical (unpaired) electrons. The van der Waals surface area contributed by atoms with Crippen LogP contribution in [0.1, 0.15) is 5.69 Å². The fourth-order valence-electron chi connectivity index (χ4n) is 1.39. The van der Waals surface area contributed by atoms with Gasteiger partial charge in [0.15, 0.2) is 0 Å². The number of rotatable bonds is 1. The number of halogens is 2. The number of aromatic nitrogens is 2. The van der Waals surface area contributed by atoms with E-state index < -0.39 is 0 Å². The fraction of sp³-hybridized carbons (Fsp3) is 0.0909. The quantitative estimate of drug-likeness (QED) is 0.743. The van der Waals surface area contributed by atoms with Crippen molar-refractivity contribution >= 4 is 27.5 Å². The van der Waals surface area contributed by atoms with E-state index in [0.717, 1.165) is 21.3 Å². The molecule has 2 heterocycles. The van der Waals surface area contributed by atoms with E-state index in [4.69, 9.17) is 11.6 Å². The summed E-state index contributed by atoms with van der Waals surface area (Å²) in [6.07, 6.45) is 3.47. The first-order valence-electron chi connectivity index (χ1n) is 4.41. The number of aryl methyl sites for hydroxylation is 1. The standard InChI is InChI=1S/C11H8BrClN2/c1-7-8(3-2-4-14-7)9-5-11(13)15-6-10(9)12/h2-6H,1H3. The van der Waals surface area contributed by atoms with Gasteiger partial charge < -0.3 is 0 Å². The van der Waals surface area contributed by atoms with Crippen molar-refractivity contribution in [3.63, 3.8) is 0 Å². The Kier molecular flexibility index (Phi) is 3.03. The SMILES string of the molecule is Cc1ncccc1-c1cc(Cl)ncc1Br. The molecule has 0 aromatic carbocycles. The predicted molar refractivity (Wildman–Crippen MR) is 64.9 cm³/mol. The molecule has 2 rings (SSSR count). The molecule has 0 amide bonds. The average Bonchev–Trinajstić information content (AvgIpc) is 2.23. The average molecular weight is 284 g/mol. The molecule has 0 bridgehead atoms. The van der Waals surface area contributed by atoms with E-state index >= 15 is 0 Å². The van der Waals surface area contributed by atoms with Crippen molar-refractivity contribution in [2.45, 2.75) is 6.92 Å². The molecule has 2 nitrogen and oxygen atoms in total. The molecule has 0 fully saturated rings. The summed E-state index contributed by atoms with van der Waals surface area (Å²) in [5.74, 6) is 0. The monoisotopic (exact) mass is 282 g/mol. The van der Waals surface area contributed by atoms with Crippen LogP contribution in [0.4, 0.5) is 0 Å². The zero-order chi connectivity index (χ0) is 10.8. The highest BCUT2D eigenvalue weighted by atomic mass is 79.9. The summed E-state index contributed by atoms with van der Waals surface area (Å²) in [4.78, 5) is 8.23. The summed E-state index contributed by atoms with van der Waals surface area (Å²) < 4.78 is 0.919. The Morgan fingerprint density at radius 1 is 1.27 bits per heavy atom. The second-order valence-corrected chi connectivity index (χ2v) is 4.36. The van der Waals surface area contributed by atoms with Crippen LogP contribution in [0.2, 0.25) is 5.15 Å². The van der Waals surface area contributed by atoms with Gasteiger partial charge in [0.05, 0.1) is 0 Å². The summed E-state index contributed by atoms with van der Waals surface area (Å²) in [5, 5.41) is 0.483. The second-order valence-electron chi connectivity index (χ2n) is 3.12. The molecule has 0 aliphatic heterocycles. The van der Waals surface area contributed by atoms with E-state index in [1.165, 1.54) is 0 Å². The van der Waals surface area contributed by atoms with E-state index in [1.54, 1.807) is 12.4 Å². The third-order valence-corrected chi connectivity index (χ3v) is 2.96. The fourth-order valence-corrected chi connectivity index (χ4v) is 1.98. The van der Waals surface area contributed by atoms with Gasteiger partial charge in [0.1, 0.15) is 5.15 Å². The Morgan fingerprint density at radius 2 is 2.07 bits per heavy atom. The molecule has 0 aliphatic carbocycles. The molecule has 2 aromatic rings. The van der Waals surface area contributed by atoms with Gasteiger partial charge in [-0.15, -0.1) is 0 Å². The number of pyridine rings is 2. The zero-order valence-electron chi connectivity index (χ0n) is 8.04. The van der Waals surface area contributed by atoms with Gasteiger partial charge in [0, 0.05) is 33.7 Å². The summed E-state index contributed by atoms with van der Waals surface area (Å²) in [6, 6.07) is 5.75. The lowest BCUT2D eigenvalue weighted by molar-refractivity contribution is 1.20. The molecule has 15 heavy (non-hydrogen) atoms. The van der Waals surface area contributed by atoms with Crippen molar-refractivity contribution in [3.05, 3.63) is 45.9 Å². The highest BCUT2D eigenvalue weighted by Gasteiger charge is 2.07. The van der Waals surface area contributed by atoms with E-state index in [0.29, 0.717) is 5.15 Å². The van der Waals surface area contributed by atoms with E-state index in [-0.39, 0.29) is 0 Å². The van der Waals surface area contributed by atoms with Gasteiger partial charge in [0.25, 0.3) is 0 Å². The van der Waals surface area contributed by atoms with Crippen LogP contribution in [0.15, 0.2) is 35.1 Å². The second kappa shape index (κ2) is 4.29. The van der Waals surface area contributed by atoms with Crippen molar-refractivity contribution in [2.75, 3.05) is 0 Å². The van der Waals surface area contributed by atoms with Crippen LogP contribution in [0, 0.1) is 6.92 Å². The first-order valence-corrected chi connectivity index (χ1v) is 5.58. The third-order valence-electron chi connectivity index (χ3n) is 2.12. The van der Waals surface area contributed by atoms with Gasteiger partial charge in [-0.2, -0.15) is 0 Å². The van der Waals surface area contributed by atoms with Crippen molar-refractivity contribution in [3.8, 4) is 11.1 Å². The molecular weight excluding hydrogens is 275 g/mol. The molecule has 0 aliphatic rings. The number of nitrogens with zero attached hydrogens (tertiary/aromatic N) is 2. The number of hydrogen-bond donors (Lipinski definition) is 0. The molecule has 4 heteroatoms. The Morgan fingerprint density at radius 3 is 2.80 bits per heavy atom. The van der Waals surface area contributed by atoms with Gasteiger partial charge in [-0.3, -0.25) is 4.98 Å². The van der Waals surface area contributed by atoms with Crippen LogP contribution >= 0.6 is 27.5 Å². The molecule has 0 unspecified atom stereocenters. The lowest BCUT2D eigenvalue weighted by atomic mass is 10.1. The van der Waals surface area contributed by atoms with Crippen LogP contribution in [0.5, 0.6) is 0 Å². The molecule has 0 N–H and O–H groups in total. The minimum absolute atomic E-state index is 0.483. The van der Waals surface area contributed by atoms with Crippen molar-refractivity contribution in [1.29, 1.82) is 0 Å². The van der Waals surface area contributed by atoms with Gasteiger partial charge in [-0.05, 0) is 35.0 Å². The Bertz CT molecular complexity index is 500. The van der Waals surface area contributed by atoms with Crippen LogP contribution in [-0.4, -0.2) is 9.97 Å². The van der Waals surface area contributed by atoms with Crippen molar-refractivity contribution < 1.29 is 0 Å². The van der Waals surface area contributed by atoms with Crippen molar-refractivity contribution in [2.24, 2.45) is 0 Å². The maximum atomic E-state index is 5.87. The molecule has 0 atom stereocenters. The first kappa shape index (κ1) is 10.6. The van der Waals surface area contributed by atoms with Crippen LogP contribution < -0.4 is 0 Å². The highest BCUT2D eigenvalue weighted by molar-refractivity contribution is 9.10. The number of hydrogen-bond acceptors (Lipinski definition) is 2. The summed E-state index contributed by atoms with van der Waals surface area (Å²) in [7, 11) is 0. The Labute approximate surface area is 101 Å². The van der Waals surface area contributed by atoms with E-state index in [1.807, 2.05) is 25.1 Å². The summed E-state index contributed by atoms with van der Waals surface area (Å²) >= 11 is 9.32. The van der Waals surface area contributed by atoms with Gasteiger partial charge in [0.2, 0.25) is 0 Å². The maximum Gasteiger partial charge on any atom is 0.129 e. The maximum absolute atomic E-state index is 5.87. The molecule has 76 valence electrons. The zero-order valence-corrected chi connectivity index (χ0v) is 10.4. The smallest absolute Gasteiger partial charge is 0.129 e. The van der Waals surface area contributed by atoms with Crippen LogP contribution in [0.25, 0.3) is 11.1 Å². The van der Waals surface area contributed by atoms with E-state index in [2.05, 4.69) is 25.9 Å². The molecule has 0 spiro atoms. The normalized spacial score (nSPS) is 10.3. The summed E-state index contributed by atoms with van der Waals surface area (Å²) in [6.45, 7) is 1.97. The minimum Gasteiger partial charge on any atom is -0.261 e. The highest BCUT2D eigenvalue weighted by Crippen LogP contribution is 2.30. The lowest BCUT2D eigenvalue weighted by Gasteiger charge is -2.06. The lowest BCUT2D eigenvalue weighted by Crippen LogP contribution is -1.88. The van der Waals surface area contributed by atoms with E-state index in [9.17, 15) is 0 Å². The largest absolute Gasteiger partial charge is 0.261 e. The first-order chi connectivity index (χ1) is 7.18. The van der Waals surface area contributed by atoms with Gasteiger partial charge in [-0.25, -0.2) is 4.98 Å².